The maximum Gasteiger partial charge on any atom is 0.285 e. The molecule has 1 amide bonds. The van der Waals surface area contributed by atoms with Gasteiger partial charge in [0.05, 0.1) is 33.9 Å². The lowest BCUT2D eigenvalue weighted by Crippen LogP contribution is -2.49. The molecular weight excluding hydrogens is 632 g/mol. The van der Waals surface area contributed by atoms with Crippen molar-refractivity contribution in [2.75, 3.05) is 37.5 Å². The van der Waals surface area contributed by atoms with Gasteiger partial charge in [0.15, 0.2) is 0 Å². The molecule has 8 nitrogen and oxygen atoms in total. The van der Waals surface area contributed by atoms with E-state index in [9.17, 15) is 9.00 Å². The number of allylic oxidation sites excluding steroid dienone is 1. The van der Waals surface area contributed by atoms with Crippen LogP contribution in [0.1, 0.15) is 66.3 Å². The Labute approximate surface area is 283 Å². The highest BCUT2D eigenvalue weighted by molar-refractivity contribution is 7.93. The van der Waals surface area contributed by atoms with E-state index in [1.165, 1.54) is 11.1 Å². The van der Waals surface area contributed by atoms with E-state index < -0.39 is 15.6 Å². The monoisotopic (exact) mass is 674 g/mol. The van der Waals surface area contributed by atoms with Crippen molar-refractivity contribution in [1.82, 2.24) is 9.97 Å². The number of ether oxygens (including phenoxy) is 2. The lowest BCUT2D eigenvalue weighted by atomic mass is 9.68. The summed E-state index contributed by atoms with van der Waals surface area (Å²) < 4.78 is 31.6. The first kappa shape index (κ1) is 32.3. The third-order valence-corrected chi connectivity index (χ3v) is 13.1. The van der Waals surface area contributed by atoms with Gasteiger partial charge in [0.25, 0.3) is 5.91 Å². The molecule has 47 heavy (non-hydrogen) atoms. The average molecular weight is 675 g/mol. The van der Waals surface area contributed by atoms with Gasteiger partial charge < -0.3 is 14.4 Å². The number of aromatic nitrogens is 2. The van der Waals surface area contributed by atoms with Crippen LogP contribution in [0.4, 0.5) is 5.69 Å². The Morgan fingerprint density at radius 1 is 1.15 bits per heavy atom. The number of halogens is 1. The minimum Gasteiger partial charge on any atom is -0.490 e. The number of aryl methyl sites for hydroxylation is 1. The Bertz CT molecular complexity index is 1790. The second-order valence-electron chi connectivity index (χ2n) is 13.9. The van der Waals surface area contributed by atoms with Crippen LogP contribution in [0.2, 0.25) is 5.02 Å². The number of carbonyl (C=O) groups is 1. The van der Waals surface area contributed by atoms with E-state index >= 15 is 0 Å². The predicted molar refractivity (Wildman–Crippen MR) is 186 cm³/mol. The largest absolute Gasteiger partial charge is 0.490 e. The standard InChI is InChI=1S/C37H43ClN4O4S/c1-25-6-3-8-33(45-2)30-12-9-28(30)20-42-23-37(15-4-7-26-18-29(38)11-13-31(26)37)24-46-34-14-10-27(19-32(34)42)36(43)41-47(44,21-25)22-35-39-16-5-17-40-35/h3,5,8,10-11,13-14,16-19,25,28,30,33H,4,6-7,9,12,15,20-24H2,1-2H3/b8-3+/t25-,28-,30+,33-,37-,47+/m0/s1. The number of anilines is 1. The first-order chi connectivity index (χ1) is 22.7. The van der Waals surface area contributed by atoms with Gasteiger partial charge in [-0.1, -0.05) is 36.7 Å². The predicted octanol–water partition coefficient (Wildman–Crippen LogP) is 7.05. The second kappa shape index (κ2) is 13.3. The Balaban J connectivity index is 1.32. The van der Waals surface area contributed by atoms with Crippen molar-refractivity contribution in [3.05, 3.63) is 94.5 Å². The van der Waals surface area contributed by atoms with Gasteiger partial charge >= 0.3 is 0 Å². The minimum atomic E-state index is -3.02. The van der Waals surface area contributed by atoms with Gasteiger partial charge in [-0.15, -0.1) is 0 Å². The molecule has 2 aliphatic heterocycles. The lowest BCUT2D eigenvalue weighted by Gasteiger charge is -2.46. The molecule has 2 aliphatic carbocycles. The van der Waals surface area contributed by atoms with Crippen LogP contribution in [-0.4, -0.2) is 58.7 Å². The zero-order valence-corrected chi connectivity index (χ0v) is 28.7. The molecule has 0 saturated heterocycles. The molecule has 0 unspecified atom stereocenters. The quantitative estimate of drug-likeness (QED) is 0.275. The molecule has 10 heteroatoms. The van der Waals surface area contributed by atoms with Crippen LogP contribution in [-0.2, 0) is 32.1 Å². The maximum atomic E-state index is 14.5. The summed E-state index contributed by atoms with van der Waals surface area (Å²) in [6.07, 6.45) is 13.6. The number of methoxy groups -OCH3 is 1. The number of hydrogen-bond donors (Lipinski definition) is 0. The number of hydrogen-bond acceptors (Lipinski definition) is 7. The fourth-order valence-electron chi connectivity index (χ4n) is 8.08. The Morgan fingerprint density at radius 3 is 2.79 bits per heavy atom. The van der Waals surface area contributed by atoms with Gasteiger partial charge in [0, 0.05) is 54.3 Å². The van der Waals surface area contributed by atoms with Crippen molar-refractivity contribution < 1.29 is 18.5 Å². The van der Waals surface area contributed by atoms with Gasteiger partial charge in [-0.2, -0.15) is 4.36 Å². The third kappa shape index (κ3) is 6.72. The number of amides is 1. The summed E-state index contributed by atoms with van der Waals surface area (Å²) in [6, 6.07) is 13.6. The van der Waals surface area contributed by atoms with Gasteiger partial charge in [0.2, 0.25) is 0 Å². The Kier molecular flexibility index (Phi) is 9.15. The molecule has 3 heterocycles. The summed E-state index contributed by atoms with van der Waals surface area (Å²) in [5.41, 5.74) is 3.68. The smallest absolute Gasteiger partial charge is 0.285 e. The molecule has 2 bridgehead atoms. The third-order valence-electron chi connectivity index (χ3n) is 10.5. The van der Waals surface area contributed by atoms with E-state index in [1.807, 2.05) is 18.2 Å². The van der Waals surface area contributed by atoms with Crippen molar-refractivity contribution in [1.29, 1.82) is 0 Å². The Morgan fingerprint density at radius 2 is 2.00 bits per heavy atom. The van der Waals surface area contributed by atoms with Crippen LogP contribution in [0, 0.1) is 17.8 Å². The molecule has 7 rings (SSSR count). The van der Waals surface area contributed by atoms with Crippen molar-refractivity contribution >= 4 is 32.9 Å². The number of fused-ring (bicyclic) bond motifs is 4. The minimum absolute atomic E-state index is 0.00253. The topological polar surface area (TPSA) is 94.0 Å². The van der Waals surface area contributed by atoms with Crippen LogP contribution in [0.3, 0.4) is 0 Å². The number of nitrogens with zero attached hydrogens (tertiary/aromatic N) is 4. The number of carbonyl (C=O) groups excluding carboxylic acids is 1. The summed E-state index contributed by atoms with van der Waals surface area (Å²) in [6.45, 7) is 4.19. The van der Waals surface area contributed by atoms with Crippen LogP contribution < -0.4 is 9.64 Å². The molecule has 0 radical (unpaired) electrons. The van der Waals surface area contributed by atoms with Crippen LogP contribution in [0.5, 0.6) is 5.75 Å². The van der Waals surface area contributed by atoms with Crippen molar-refractivity contribution in [3.8, 4) is 5.75 Å². The molecule has 1 spiro atoms. The molecule has 248 valence electrons. The van der Waals surface area contributed by atoms with Crippen molar-refractivity contribution in [2.45, 2.75) is 62.7 Å². The first-order valence-corrected chi connectivity index (χ1v) is 19.0. The molecule has 4 aliphatic rings. The van der Waals surface area contributed by atoms with E-state index in [4.69, 9.17) is 21.1 Å². The van der Waals surface area contributed by atoms with Gasteiger partial charge in [-0.3, -0.25) is 4.79 Å². The lowest BCUT2D eigenvalue weighted by molar-refractivity contribution is 0.0131. The van der Waals surface area contributed by atoms with Crippen LogP contribution in [0.25, 0.3) is 0 Å². The first-order valence-electron chi connectivity index (χ1n) is 16.8. The van der Waals surface area contributed by atoms with E-state index in [0.29, 0.717) is 36.3 Å². The van der Waals surface area contributed by atoms with Gasteiger partial charge in [0.1, 0.15) is 11.6 Å². The van der Waals surface area contributed by atoms with E-state index in [0.717, 1.165) is 61.7 Å². The van der Waals surface area contributed by atoms with Crippen molar-refractivity contribution in [3.63, 3.8) is 0 Å². The zero-order chi connectivity index (χ0) is 32.6. The maximum absolute atomic E-state index is 14.5. The molecule has 2 aromatic carbocycles. The molecular formula is C37H43ClN4O4S. The number of benzene rings is 2. The van der Waals surface area contributed by atoms with Crippen LogP contribution in [0.15, 0.2) is 71.4 Å². The molecule has 1 aromatic heterocycles. The summed E-state index contributed by atoms with van der Waals surface area (Å²) in [7, 11) is -1.22. The fraction of sp³-hybridized carbons (Fsp3) is 0.486. The molecule has 0 N–H and O–H groups in total. The fourth-order valence-corrected chi connectivity index (χ4v) is 10.5. The molecule has 3 aromatic rings. The highest BCUT2D eigenvalue weighted by atomic mass is 35.5. The summed E-state index contributed by atoms with van der Waals surface area (Å²) in [4.78, 5) is 25.0. The highest BCUT2D eigenvalue weighted by Crippen LogP contribution is 2.47. The van der Waals surface area contributed by atoms with E-state index in [1.54, 1.807) is 31.6 Å². The summed E-state index contributed by atoms with van der Waals surface area (Å²) >= 11 is 6.45. The van der Waals surface area contributed by atoms with Crippen molar-refractivity contribution in [2.24, 2.45) is 22.1 Å². The number of rotatable bonds is 3. The van der Waals surface area contributed by atoms with Gasteiger partial charge in [-0.25, -0.2) is 14.2 Å². The zero-order valence-electron chi connectivity index (χ0n) is 27.1. The van der Waals surface area contributed by atoms with E-state index in [-0.39, 0.29) is 28.9 Å². The van der Waals surface area contributed by atoms with Crippen LogP contribution >= 0.6 is 11.6 Å². The normalized spacial score (nSPS) is 31.4. The average Bonchev–Trinajstić information content (AvgIpc) is 3.19. The molecule has 1 fully saturated rings. The second-order valence-corrected chi connectivity index (χ2v) is 16.7. The highest BCUT2D eigenvalue weighted by Gasteiger charge is 2.44. The van der Waals surface area contributed by atoms with E-state index in [2.05, 4.69) is 50.4 Å². The SMILES string of the molecule is CO[C@H]1/C=C/C[C@H](C)C[S@@](=O)(Cc2ncccn2)=NC(=O)c2ccc3c(c2)N(C[C@@H]2CC[C@H]21)C[C@@]1(CCCc2cc(Cl)ccc21)CO3. The van der Waals surface area contributed by atoms with Gasteiger partial charge in [-0.05, 0) is 104 Å². The summed E-state index contributed by atoms with van der Waals surface area (Å²) in [5.74, 6) is 1.82. The molecule has 1 saturated carbocycles. The summed E-state index contributed by atoms with van der Waals surface area (Å²) in [5, 5.41) is 0.760. The molecule has 6 atom stereocenters. The Hall–Kier alpha value is -3.27.